The molecule has 3 heterocycles. The van der Waals surface area contributed by atoms with E-state index in [0.717, 1.165) is 11.1 Å². The summed E-state index contributed by atoms with van der Waals surface area (Å²) in [6.07, 6.45) is 4.99. The van der Waals surface area contributed by atoms with E-state index < -0.39 is 0 Å². The van der Waals surface area contributed by atoms with Crippen molar-refractivity contribution in [2.45, 2.75) is 19.4 Å². The summed E-state index contributed by atoms with van der Waals surface area (Å²) in [6, 6.07) is 7.59. The third-order valence-electron chi connectivity index (χ3n) is 4.24. The Morgan fingerprint density at radius 1 is 1.31 bits per heavy atom. The molecule has 0 fully saturated rings. The van der Waals surface area contributed by atoms with Gasteiger partial charge >= 0.3 is 0 Å². The van der Waals surface area contributed by atoms with Crippen molar-refractivity contribution in [1.29, 1.82) is 0 Å². The van der Waals surface area contributed by atoms with E-state index in [0.29, 0.717) is 22.9 Å². The van der Waals surface area contributed by atoms with Crippen LogP contribution in [0.1, 0.15) is 18.5 Å². The van der Waals surface area contributed by atoms with Gasteiger partial charge in [-0.2, -0.15) is 5.10 Å². The monoisotopic (exact) mass is 371 g/mol. The highest BCUT2D eigenvalue weighted by Gasteiger charge is 2.15. The molecule has 3 aromatic heterocycles. The molecular formula is C18H15ClFN5O. The van der Waals surface area contributed by atoms with Crippen molar-refractivity contribution in [2.75, 3.05) is 0 Å². The first kappa shape index (κ1) is 16.5. The molecule has 0 radical (unpaired) electrons. The van der Waals surface area contributed by atoms with Crippen molar-refractivity contribution in [2.24, 2.45) is 0 Å². The summed E-state index contributed by atoms with van der Waals surface area (Å²) >= 11 is 5.90. The van der Waals surface area contributed by atoms with Crippen molar-refractivity contribution in [3.8, 4) is 11.1 Å². The second-order valence-electron chi connectivity index (χ2n) is 6.15. The maximum Gasteiger partial charge on any atom is 0.272 e. The van der Waals surface area contributed by atoms with Crippen molar-refractivity contribution >= 4 is 17.2 Å². The molecule has 8 heteroatoms. The van der Waals surface area contributed by atoms with Gasteiger partial charge in [-0.3, -0.25) is 14.6 Å². The van der Waals surface area contributed by atoms with Crippen LogP contribution in [0.2, 0.25) is 5.02 Å². The molecule has 4 aromatic rings. The van der Waals surface area contributed by atoms with E-state index in [4.69, 9.17) is 11.6 Å². The lowest BCUT2D eigenvalue weighted by Crippen LogP contribution is -2.18. The van der Waals surface area contributed by atoms with Gasteiger partial charge < -0.3 is 0 Å². The Kier molecular flexibility index (Phi) is 4.08. The van der Waals surface area contributed by atoms with Gasteiger partial charge in [-0.25, -0.2) is 13.9 Å². The van der Waals surface area contributed by atoms with E-state index in [2.05, 4.69) is 15.2 Å². The lowest BCUT2D eigenvalue weighted by atomic mass is 10.1. The third-order valence-corrected chi connectivity index (χ3v) is 4.44. The van der Waals surface area contributed by atoms with Gasteiger partial charge in [0, 0.05) is 36.5 Å². The number of H-pyrrole nitrogens is 1. The SMILES string of the molecule is CC(Cn1cc(Cl)cn1)c1cc(=O)n2[nH]cc(-c3ccc(F)cc3)c2n1. The van der Waals surface area contributed by atoms with Crippen LogP contribution in [0.25, 0.3) is 16.8 Å². The zero-order valence-corrected chi connectivity index (χ0v) is 14.6. The van der Waals surface area contributed by atoms with Crippen LogP contribution in [0.15, 0.2) is 53.7 Å². The zero-order chi connectivity index (χ0) is 18.3. The number of aromatic nitrogens is 5. The molecule has 0 amide bonds. The van der Waals surface area contributed by atoms with Crippen molar-refractivity contribution in [3.63, 3.8) is 0 Å². The first-order valence-corrected chi connectivity index (χ1v) is 8.44. The van der Waals surface area contributed by atoms with E-state index in [1.54, 1.807) is 35.4 Å². The van der Waals surface area contributed by atoms with Gasteiger partial charge in [0.1, 0.15) is 5.82 Å². The summed E-state index contributed by atoms with van der Waals surface area (Å²) in [7, 11) is 0. The Morgan fingerprint density at radius 3 is 2.77 bits per heavy atom. The lowest BCUT2D eigenvalue weighted by molar-refractivity contribution is 0.534. The van der Waals surface area contributed by atoms with E-state index >= 15 is 0 Å². The maximum absolute atomic E-state index is 13.2. The second kappa shape index (κ2) is 6.42. The molecule has 0 aliphatic carbocycles. The van der Waals surface area contributed by atoms with Crippen LogP contribution in [0.3, 0.4) is 0 Å². The minimum Gasteiger partial charge on any atom is -0.296 e. The Hall–Kier alpha value is -2.93. The molecule has 1 aromatic carbocycles. The van der Waals surface area contributed by atoms with Crippen LogP contribution in [0, 0.1) is 5.82 Å². The molecule has 0 aliphatic heterocycles. The van der Waals surface area contributed by atoms with Gasteiger partial charge in [0.2, 0.25) is 0 Å². The number of benzene rings is 1. The molecule has 0 bridgehead atoms. The van der Waals surface area contributed by atoms with Gasteiger partial charge in [0.05, 0.1) is 16.9 Å². The fraction of sp³-hybridized carbons (Fsp3) is 0.167. The average molecular weight is 372 g/mol. The number of hydrogen-bond acceptors (Lipinski definition) is 3. The Balaban J connectivity index is 1.76. The molecule has 6 nitrogen and oxygen atoms in total. The number of nitrogens with zero attached hydrogens (tertiary/aromatic N) is 4. The highest BCUT2D eigenvalue weighted by atomic mass is 35.5. The molecule has 0 spiro atoms. The number of rotatable bonds is 4. The predicted molar refractivity (Wildman–Crippen MR) is 96.9 cm³/mol. The normalized spacial score (nSPS) is 12.6. The zero-order valence-electron chi connectivity index (χ0n) is 13.9. The van der Waals surface area contributed by atoms with E-state index in [-0.39, 0.29) is 17.3 Å². The largest absolute Gasteiger partial charge is 0.296 e. The fourth-order valence-electron chi connectivity index (χ4n) is 2.91. The second-order valence-corrected chi connectivity index (χ2v) is 6.59. The smallest absolute Gasteiger partial charge is 0.272 e. The number of nitrogens with one attached hydrogen (secondary N) is 1. The Morgan fingerprint density at radius 2 is 2.08 bits per heavy atom. The molecule has 1 N–H and O–H groups in total. The summed E-state index contributed by atoms with van der Waals surface area (Å²) in [5.74, 6) is -0.356. The van der Waals surface area contributed by atoms with E-state index in [9.17, 15) is 9.18 Å². The predicted octanol–water partition coefficient (Wildman–Crippen LogP) is 3.48. The average Bonchev–Trinajstić information content (AvgIpc) is 3.22. The molecule has 0 saturated carbocycles. The lowest BCUT2D eigenvalue weighted by Gasteiger charge is -2.11. The minimum absolute atomic E-state index is 0.0420. The fourth-order valence-corrected chi connectivity index (χ4v) is 3.06. The topological polar surface area (TPSA) is 68.0 Å². The molecule has 1 unspecified atom stereocenters. The van der Waals surface area contributed by atoms with Gasteiger partial charge in [0.25, 0.3) is 5.56 Å². The number of fused-ring (bicyclic) bond motifs is 1. The maximum atomic E-state index is 13.2. The molecule has 1 atom stereocenters. The van der Waals surface area contributed by atoms with Crippen LogP contribution in [-0.2, 0) is 6.54 Å². The summed E-state index contributed by atoms with van der Waals surface area (Å²) in [5.41, 5.74) is 2.47. The van der Waals surface area contributed by atoms with Gasteiger partial charge in [-0.05, 0) is 17.7 Å². The first-order valence-electron chi connectivity index (χ1n) is 8.06. The highest BCUT2D eigenvalue weighted by molar-refractivity contribution is 6.30. The van der Waals surface area contributed by atoms with Crippen molar-refractivity contribution < 1.29 is 4.39 Å². The van der Waals surface area contributed by atoms with E-state index in [1.807, 2.05) is 6.92 Å². The van der Waals surface area contributed by atoms with Crippen LogP contribution in [0.5, 0.6) is 0 Å². The Labute approximate surface area is 152 Å². The van der Waals surface area contributed by atoms with Crippen LogP contribution in [-0.4, -0.2) is 24.4 Å². The molecule has 0 aliphatic rings. The number of hydrogen-bond donors (Lipinski definition) is 1. The van der Waals surface area contributed by atoms with Crippen LogP contribution in [0.4, 0.5) is 4.39 Å². The van der Waals surface area contributed by atoms with Gasteiger partial charge in [-0.15, -0.1) is 0 Å². The third kappa shape index (κ3) is 3.01. The molecule has 4 rings (SSSR count). The number of aromatic amines is 1. The summed E-state index contributed by atoms with van der Waals surface area (Å²) in [4.78, 5) is 17.1. The van der Waals surface area contributed by atoms with E-state index in [1.165, 1.54) is 22.7 Å². The van der Waals surface area contributed by atoms with Crippen molar-refractivity contribution in [3.05, 3.63) is 75.8 Å². The molecular weight excluding hydrogens is 357 g/mol. The summed E-state index contributed by atoms with van der Waals surface area (Å²) < 4.78 is 16.3. The first-order chi connectivity index (χ1) is 12.5. The standard InChI is InChI=1S/C18H15ClFN5O/c1-11(9-24-10-13(19)7-21-24)16-6-17(26)25-18(23-16)15(8-22-25)12-2-4-14(20)5-3-12/h2-8,10-11,22H,9H2,1H3. The van der Waals surface area contributed by atoms with Crippen LogP contribution < -0.4 is 5.56 Å². The molecule has 132 valence electrons. The van der Waals surface area contributed by atoms with Gasteiger partial charge in [-0.1, -0.05) is 30.7 Å². The van der Waals surface area contributed by atoms with Gasteiger partial charge in [0.15, 0.2) is 5.65 Å². The molecule has 0 saturated heterocycles. The highest BCUT2D eigenvalue weighted by Crippen LogP contribution is 2.24. The Bertz CT molecular complexity index is 1130. The summed E-state index contributed by atoms with van der Waals surface area (Å²) in [5, 5.41) is 7.62. The van der Waals surface area contributed by atoms with Crippen LogP contribution >= 0.6 is 11.6 Å². The minimum atomic E-state index is -0.314. The number of halogens is 2. The molecule has 26 heavy (non-hydrogen) atoms. The summed E-state index contributed by atoms with van der Waals surface area (Å²) in [6.45, 7) is 2.52. The quantitative estimate of drug-likeness (QED) is 0.597. The van der Waals surface area contributed by atoms with Crippen molar-refractivity contribution in [1.82, 2.24) is 24.4 Å².